The van der Waals surface area contributed by atoms with Crippen LogP contribution in [0.5, 0.6) is 0 Å². The van der Waals surface area contributed by atoms with E-state index in [2.05, 4.69) is 0 Å². The van der Waals surface area contributed by atoms with Gasteiger partial charge in [0.25, 0.3) is 5.78 Å². The van der Waals surface area contributed by atoms with Crippen LogP contribution in [-0.2, 0) is 11.2 Å². The van der Waals surface area contributed by atoms with E-state index in [9.17, 15) is 40.6 Å². The molecule has 0 bridgehead atoms. The lowest BCUT2D eigenvalue weighted by atomic mass is 10.1. The smallest absolute Gasteiger partial charge is 0.454 e. The number of aliphatic hydroxyl groups excluding tert-OH is 1. The average molecular weight is 300 g/mol. The van der Waals surface area contributed by atoms with Crippen molar-refractivity contribution < 1.29 is 40.6 Å². The Hall–Kier alpha value is -2.06. The number of carbonyl (C=O) groups excluding carboxylic acids is 1. The zero-order chi connectivity index (χ0) is 15.4. The predicted molar refractivity (Wildman–Crippen MR) is 50.6 cm³/mol. The van der Waals surface area contributed by atoms with Crippen LogP contribution in [0, 0.1) is 23.3 Å². The summed E-state index contributed by atoms with van der Waals surface area (Å²) >= 11 is 0. The van der Waals surface area contributed by atoms with Gasteiger partial charge in [-0.25, -0.2) is 17.6 Å². The Balaban J connectivity index is 2.67. The first-order valence-electron chi connectivity index (χ1n) is 4.96. The molecule has 0 saturated carbocycles. The molecule has 0 heterocycles. The molecule has 1 aromatic rings. The normalized spacial score (nSPS) is 14.8. The maximum Gasteiger partial charge on any atom is 0.454 e. The van der Waals surface area contributed by atoms with Crippen molar-refractivity contribution in [1.82, 2.24) is 0 Å². The number of aliphatic hydroxyl groups is 1. The first-order chi connectivity index (χ1) is 9.07. The fourth-order valence-electron chi connectivity index (χ4n) is 1.86. The highest BCUT2D eigenvalue weighted by atomic mass is 19.4. The lowest BCUT2D eigenvalue weighted by Gasteiger charge is -2.05. The standard InChI is InChI=1S/C11H3F7O2/c12-5-2-1-3(10(20)11(16,17)18)9(19)4(2)6(13)8(15)7(5)14/h19H,1H2. The maximum atomic E-state index is 13.4. The zero-order valence-corrected chi connectivity index (χ0v) is 9.21. The van der Waals surface area contributed by atoms with Gasteiger partial charge in [-0.05, 0) is 0 Å². The van der Waals surface area contributed by atoms with Gasteiger partial charge in [0.15, 0.2) is 23.3 Å². The van der Waals surface area contributed by atoms with Crippen molar-refractivity contribution in [2.45, 2.75) is 12.6 Å². The van der Waals surface area contributed by atoms with Crippen LogP contribution in [0.3, 0.4) is 0 Å². The van der Waals surface area contributed by atoms with Gasteiger partial charge in [0.2, 0.25) is 0 Å². The predicted octanol–water partition coefficient (Wildman–Crippen LogP) is 3.20. The van der Waals surface area contributed by atoms with E-state index in [1.54, 1.807) is 0 Å². The highest BCUT2D eigenvalue weighted by molar-refractivity contribution is 6.07. The Kier molecular flexibility index (Phi) is 3.03. The SMILES string of the molecule is O=C(C1=C(O)c2c(F)c(F)c(F)c(F)c2C1)C(F)(F)F. The Morgan fingerprint density at radius 2 is 1.45 bits per heavy atom. The quantitative estimate of drug-likeness (QED) is 0.491. The third kappa shape index (κ3) is 1.84. The molecule has 0 saturated heterocycles. The largest absolute Gasteiger partial charge is 0.507 e. The number of ketones is 1. The highest BCUT2D eigenvalue weighted by Gasteiger charge is 2.46. The van der Waals surface area contributed by atoms with Crippen LogP contribution in [0.4, 0.5) is 30.7 Å². The molecule has 0 aliphatic heterocycles. The number of hydrogen-bond donors (Lipinski definition) is 1. The maximum absolute atomic E-state index is 13.4. The second-order valence-corrected chi connectivity index (χ2v) is 3.94. The van der Waals surface area contributed by atoms with Crippen molar-refractivity contribution in [1.29, 1.82) is 0 Å². The fraction of sp³-hybridized carbons (Fsp3) is 0.182. The molecule has 9 heteroatoms. The van der Waals surface area contributed by atoms with Gasteiger partial charge in [-0.2, -0.15) is 13.2 Å². The number of alkyl halides is 3. The van der Waals surface area contributed by atoms with Gasteiger partial charge >= 0.3 is 6.18 Å². The van der Waals surface area contributed by atoms with Gasteiger partial charge in [-0.15, -0.1) is 0 Å². The van der Waals surface area contributed by atoms with Crippen LogP contribution in [0.2, 0.25) is 0 Å². The second-order valence-electron chi connectivity index (χ2n) is 3.94. The van der Waals surface area contributed by atoms with Crippen LogP contribution >= 0.6 is 0 Å². The summed E-state index contributed by atoms with van der Waals surface area (Å²) < 4.78 is 89.3. The van der Waals surface area contributed by atoms with Gasteiger partial charge in [-0.1, -0.05) is 0 Å². The van der Waals surface area contributed by atoms with E-state index in [4.69, 9.17) is 0 Å². The van der Waals surface area contributed by atoms with Gasteiger partial charge in [0.1, 0.15) is 5.76 Å². The third-order valence-corrected chi connectivity index (χ3v) is 2.77. The number of allylic oxidation sites excluding steroid dienone is 1. The molecule has 20 heavy (non-hydrogen) atoms. The average Bonchev–Trinajstić information content (AvgIpc) is 2.69. The molecule has 0 aromatic heterocycles. The van der Waals surface area contributed by atoms with Crippen molar-refractivity contribution >= 4 is 11.5 Å². The van der Waals surface area contributed by atoms with Gasteiger partial charge in [0, 0.05) is 12.0 Å². The Morgan fingerprint density at radius 1 is 0.950 bits per heavy atom. The molecule has 2 nitrogen and oxygen atoms in total. The van der Waals surface area contributed by atoms with Crippen LogP contribution in [0.1, 0.15) is 11.1 Å². The number of fused-ring (bicyclic) bond motifs is 1. The molecule has 1 aliphatic carbocycles. The molecule has 1 N–H and O–H groups in total. The van der Waals surface area contributed by atoms with E-state index >= 15 is 0 Å². The summed E-state index contributed by atoms with van der Waals surface area (Å²) in [6.07, 6.45) is -6.57. The number of rotatable bonds is 1. The molecule has 0 unspecified atom stereocenters. The molecule has 0 radical (unpaired) electrons. The summed E-state index contributed by atoms with van der Waals surface area (Å²) in [7, 11) is 0. The van der Waals surface area contributed by atoms with Crippen molar-refractivity contribution in [3.63, 3.8) is 0 Å². The van der Waals surface area contributed by atoms with E-state index in [0.717, 1.165) is 0 Å². The summed E-state index contributed by atoms with van der Waals surface area (Å²) in [5.41, 5.74) is -3.67. The van der Waals surface area contributed by atoms with Gasteiger partial charge in [0.05, 0.1) is 11.1 Å². The van der Waals surface area contributed by atoms with Crippen LogP contribution in [-0.4, -0.2) is 17.1 Å². The summed E-state index contributed by atoms with van der Waals surface area (Å²) in [4.78, 5) is 11.0. The molecular formula is C11H3F7O2. The monoisotopic (exact) mass is 300 g/mol. The topological polar surface area (TPSA) is 37.3 Å². The minimum Gasteiger partial charge on any atom is -0.507 e. The van der Waals surface area contributed by atoms with Gasteiger partial charge < -0.3 is 5.11 Å². The molecule has 1 aromatic carbocycles. The Morgan fingerprint density at radius 3 is 1.95 bits per heavy atom. The van der Waals surface area contributed by atoms with Crippen molar-refractivity contribution in [2.24, 2.45) is 0 Å². The number of carbonyl (C=O) groups is 1. The minimum atomic E-state index is -5.39. The molecule has 0 spiro atoms. The highest BCUT2D eigenvalue weighted by Crippen LogP contribution is 2.39. The van der Waals surface area contributed by atoms with Gasteiger partial charge in [-0.3, -0.25) is 4.79 Å². The van der Waals surface area contributed by atoms with Crippen molar-refractivity contribution in [2.75, 3.05) is 0 Å². The summed E-state index contributed by atoms with van der Waals surface area (Å²) in [6, 6.07) is 0. The third-order valence-electron chi connectivity index (χ3n) is 2.77. The summed E-state index contributed by atoms with van der Waals surface area (Å²) in [5.74, 6) is -12.6. The first kappa shape index (κ1) is 14.4. The van der Waals surface area contributed by atoms with E-state index in [0.29, 0.717) is 0 Å². The van der Waals surface area contributed by atoms with E-state index in [-0.39, 0.29) is 0 Å². The van der Waals surface area contributed by atoms with Crippen LogP contribution in [0.25, 0.3) is 5.76 Å². The van der Waals surface area contributed by atoms with E-state index in [1.807, 2.05) is 0 Å². The molecule has 0 amide bonds. The summed E-state index contributed by atoms with van der Waals surface area (Å²) in [5, 5.41) is 9.36. The molecule has 108 valence electrons. The van der Waals surface area contributed by atoms with E-state index in [1.165, 1.54) is 0 Å². The summed E-state index contributed by atoms with van der Waals surface area (Å²) in [6.45, 7) is 0. The fourth-order valence-corrected chi connectivity index (χ4v) is 1.86. The Labute approximate surface area is 106 Å². The molecule has 1 aliphatic rings. The van der Waals surface area contributed by atoms with E-state index < -0.39 is 64.1 Å². The number of Topliss-reactive ketones (excluding diaryl/α,β-unsaturated/α-hetero) is 1. The van der Waals surface area contributed by atoms with Crippen LogP contribution in [0.15, 0.2) is 5.57 Å². The Bertz CT molecular complexity index is 658. The lowest BCUT2D eigenvalue weighted by Crippen LogP contribution is -2.25. The van der Waals surface area contributed by atoms with Crippen LogP contribution < -0.4 is 0 Å². The molecule has 2 rings (SSSR count). The molecular weight excluding hydrogens is 297 g/mol. The minimum absolute atomic E-state index is 1.04. The first-order valence-corrected chi connectivity index (χ1v) is 4.96. The van der Waals surface area contributed by atoms with Crippen molar-refractivity contribution in [3.8, 4) is 0 Å². The second kappa shape index (κ2) is 4.22. The number of hydrogen-bond acceptors (Lipinski definition) is 2. The number of benzene rings is 1. The molecule has 0 fully saturated rings. The van der Waals surface area contributed by atoms with Crippen molar-refractivity contribution in [3.05, 3.63) is 40.0 Å². The number of halogens is 7. The lowest BCUT2D eigenvalue weighted by molar-refractivity contribution is -0.166. The zero-order valence-electron chi connectivity index (χ0n) is 9.21. The molecule has 0 atom stereocenters.